The first-order valence-corrected chi connectivity index (χ1v) is 16.7. The summed E-state index contributed by atoms with van der Waals surface area (Å²) in [5.74, 6) is 3.37. The predicted octanol–water partition coefficient (Wildman–Crippen LogP) is 11.5. The zero-order valence-corrected chi connectivity index (χ0v) is 28.7. The van der Waals surface area contributed by atoms with Crippen molar-refractivity contribution in [1.82, 2.24) is 9.97 Å². The monoisotopic (exact) mass is 630 g/mol. The molecule has 0 bridgehead atoms. The van der Waals surface area contributed by atoms with Gasteiger partial charge in [0.15, 0.2) is 0 Å². The Morgan fingerprint density at radius 1 is 0.458 bits per heavy atom. The lowest BCUT2D eigenvalue weighted by Gasteiger charge is -2.19. The van der Waals surface area contributed by atoms with Gasteiger partial charge in [0, 0.05) is 24.4 Å². The van der Waals surface area contributed by atoms with E-state index in [9.17, 15) is 0 Å². The molecule has 4 aromatic carbocycles. The molecule has 0 amide bonds. The average Bonchev–Trinajstić information content (AvgIpc) is 3.64. The molecule has 2 aliphatic rings. The van der Waals surface area contributed by atoms with E-state index in [-0.39, 0.29) is 10.8 Å². The second-order valence-electron chi connectivity index (χ2n) is 14.8. The topological polar surface area (TPSA) is 44.2 Å². The fourth-order valence-corrected chi connectivity index (χ4v) is 6.42. The predicted molar refractivity (Wildman–Crippen MR) is 195 cm³/mol. The normalized spacial score (nSPS) is 12.6. The van der Waals surface area contributed by atoms with Crippen molar-refractivity contribution >= 4 is 0 Å². The molecule has 0 radical (unpaired) electrons. The van der Waals surface area contributed by atoms with Crippen LogP contribution < -0.4 is 9.47 Å². The van der Waals surface area contributed by atoms with Crippen molar-refractivity contribution in [3.63, 3.8) is 0 Å². The molecule has 0 unspecified atom stereocenters. The summed E-state index contributed by atoms with van der Waals surface area (Å²) < 4.78 is 12.3. The van der Waals surface area contributed by atoms with E-state index >= 15 is 0 Å². The van der Waals surface area contributed by atoms with E-state index in [1.807, 2.05) is 12.4 Å². The Morgan fingerprint density at radius 2 is 1.00 bits per heavy atom. The molecule has 0 saturated carbocycles. The highest BCUT2D eigenvalue weighted by molar-refractivity contribution is 5.79. The lowest BCUT2D eigenvalue weighted by molar-refractivity contribution is 0.471. The number of pyridine rings is 2. The van der Waals surface area contributed by atoms with Crippen LogP contribution in [0, 0.1) is 0 Å². The number of hydrogen-bond acceptors (Lipinski definition) is 4. The molecule has 0 atom stereocenters. The highest BCUT2D eigenvalue weighted by Crippen LogP contribution is 2.43. The van der Waals surface area contributed by atoms with E-state index in [1.54, 1.807) is 12.4 Å². The van der Waals surface area contributed by atoms with E-state index in [0.29, 0.717) is 0 Å². The summed E-state index contributed by atoms with van der Waals surface area (Å²) in [6.45, 7) is 13.1. The van der Waals surface area contributed by atoms with Gasteiger partial charge in [0.2, 0.25) is 0 Å². The van der Waals surface area contributed by atoms with Gasteiger partial charge in [0.05, 0.1) is 12.4 Å². The Hall–Kier alpha value is -5.22. The summed E-state index contributed by atoms with van der Waals surface area (Å²) in [5.41, 5.74) is 13.0. The number of nitrogens with zero attached hydrogens (tertiary/aromatic N) is 2. The molecule has 0 spiro atoms. The smallest absolute Gasteiger partial charge is 0.146 e. The highest BCUT2D eigenvalue weighted by Gasteiger charge is 2.23. The minimum absolute atomic E-state index is 0.0568. The summed E-state index contributed by atoms with van der Waals surface area (Å²) >= 11 is 0. The number of aromatic nitrogens is 2. The summed E-state index contributed by atoms with van der Waals surface area (Å²) in [4.78, 5) is 8.69. The Labute approximate surface area is 284 Å². The van der Waals surface area contributed by atoms with Crippen molar-refractivity contribution in [3.05, 3.63) is 155 Å². The summed E-state index contributed by atoms with van der Waals surface area (Å²) in [5, 5.41) is 0. The SMILES string of the molecule is CC(C)(C)c1cncc(Oc2ccc3c(c2)-c2ccccc2C3)c1.CC(C)(C)c1cncc(Oc2cccc3c2Cc2ccccc2-3)c1. The van der Waals surface area contributed by atoms with Crippen molar-refractivity contribution in [1.29, 1.82) is 0 Å². The van der Waals surface area contributed by atoms with E-state index in [2.05, 4.69) is 149 Å². The maximum atomic E-state index is 6.23. The summed E-state index contributed by atoms with van der Waals surface area (Å²) in [6, 6.07) is 34.0. The standard InChI is InChI=1S/2C22H21NO/c1-22(2,3)16-12-17(14-23-13-16)24-21-10-6-9-19-18-8-5-4-7-15(18)11-20(19)21;1-22(2,3)17-11-19(14-23-13-17)24-18-9-8-16-10-15-6-4-5-7-20(15)21(16)12-18/h4-10,12-14H,11H2,1-3H3;4-9,11-14H,10H2,1-3H3. The van der Waals surface area contributed by atoms with Crippen LogP contribution in [0.3, 0.4) is 0 Å². The molecular weight excluding hydrogens is 588 g/mol. The second-order valence-corrected chi connectivity index (χ2v) is 14.8. The van der Waals surface area contributed by atoms with Gasteiger partial charge >= 0.3 is 0 Å². The molecule has 0 aliphatic heterocycles. The number of fused-ring (bicyclic) bond motifs is 6. The third kappa shape index (κ3) is 6.48. The molecule has 240 valence electrons. The Bertz CT molecular complexity index is 2110. The molecule has 6 aromatic rings. The van der Waals surface area contributed by atoms with Gasteiger partial charge in [0.25, 0.3) is 0 Å². The number of ether oxygens (including phenoxy) is 2. The molecule has 2 heterocycles. The zero-order chi connectivity index (χ0) is 33.5. The molecule has 8 rings (SSSR count). The molecule has 2 aromatic heterocycles. The van der Waals surface area contributed by atoms with Gasteiger partial charge in [-0.15, -0.1) is 0 Å². The third-order valence-electron chi connectivity index (χ3n) is 9.20. The van der Waals surface area contributed by atoms with Crippen LogP contribution in [0.5, 0.6) is 23.0 Å². The first kappa shape index (κ1) is 31.4. The van der Waals surface area contributed by atoms with Gasteiger partial charge in [-0.05, 0) is 97.7 Å². The van der Waals surface area contributed by atoms with Crippen molar-refractivity contribution in [3.8, 4) is 45.3 Å². The fraction of sp³-hybridized carbons (Fsp3) is 0.227. The average molecular weight is 631 g/mol. The molecular formula is C44H42N2O2. The van der Waals surface area contributed by atoms with Crippen LogP contribution in [-0.2, 0) is 23.7 Å². The van der Waals surface area contributed by atoms with Crippen molar-refractivity contribution < 1.29 is 9.47 Å². The largest absolute Gasteiger partial charge is 0.456 e. The minimum Gasteiger partial charge on any atom is -0.456 e. The first-order valence-electron chi connectivity index (χ1n) is 16.7. The van der Waals surface area contributed by atoms with E-state index in [4.69, 9.17) is 9.47 Å². The van der Waals surface area contributed by atoms with Crippen LogP contribution in [0.2, 0.25) is 0 Å². The minimum atomic E-state index is 0.0568. The Kier molecular flexibility index (Phi) is 8.12. The number of rotatable bonds is 4. The molecule has 0 N–H and O–H groups in total. The van der Waals surface area contributed by atoms with Gasteiger partial charge in [-0.3, -0.25) is 9.97 Å². The van der Waals surface area contributed by atoms with Crippen LogP contribution in [0.4, 0.5) is 0 Å². The van der Waals surface area contributed by atoms with Crippen LogP contribution >= 0.6 is 0 Å². The fourth-order valence-electron chi connectivity index (χ4n) is 6.42. The van der Waals surface area contributed by atoms with Gasteiger partial charge in [-0.25, -0.2) is 0 Å². The summed E-state index contributed by atoms with van der Waals surface area (Å²) in [6.07, 6.45) is 9.32. The van der Waals surface area contributed by atoms with Crippen molar-refractivity contribution in [2.75, 3.05) is 0 Å². The quantitative estimate of drug-likeness (QED) is 0.194. The van der Waals surface area contributed by atoms with Crippen molar-refractivity contribution in [2.24, 2.45) is 0 Å². The molecule has 0 fully saturated rings. The molecule has 48 heavy (non-hydrogen) atoms. The summed E-state index contributed by atoms with van der Waals surface area (Å²) in [7, 11) is 0. The Balaban J connectivity index is 0.000000152. The van der Waals surface area contributed by atoms with E-state index in [1.165, 1.54) is 55.6 Å². The van der Waals surface area contributed by atoms with Gasteiger partial charge in [-0.2, -0.15) is 0 Å². The lowest BCUT2D eigenvalue weighted by atomic mass is 9.88. The van der Waals surface area contributed by atoms with Crippen LogP contribution in [0.25, 0.3) is 22.3 Å². The molecule has 4 heteroatoms. The third-order valence-corrected chi connectivity index (χ3v) is 9.20. The van der Waals surface area contributed by atoms with Gasteiger partial charge in [0.1, 0.15) is 23.0 Å². The lowest BCUT2D eigenvalue weighted by Crippen LogP contribution is -2.11. The van der Waals surface area contributed by atoms with Gasteiger partial charge in [-0.1, -0.05) is 108 Å². The Morgan fingerprint density at radius 3 is 1.65 bits per heavy atom. The molecule has 2 aliphatic carbocycles. The van der Waals surface area contributed by atoms with E-state index < -0.39 is 0 Å². The van der Waals surface area contributed by atoms with Crippen LogP contribution in [0.1, 0.15) is 74.9 Å². The van der Waals surface area contributed by atoms with Gasteiger partial charge < -0.3 is 9.47 Å². The van der Waals surface area contributed by atoms with E-state index in [0.717, 1.165) is 35.8 Å². The van der Waals surface area contributed by atoms with Crippen LogP contribution in [-0.4, -0.2) is 9.97 Å². The maximum Gasteiger partial charge on any atom is 0.146 e. The highest BCUT2D eigenvalue weighted by atomic mass is 16.5. The number of hydrogen-bond donors (Lipinski definition) is 0. The maximum absolute atomic E-state index is 6.23. The number of benzene rings is 4. The second kappa shape index (κ2) is 12.4. The zero-order valence-electron chi connectivity index (χ0n) is 28.7. The van der Waals surface area contributed by atoms with Crippen LogP contribution in [0.15, 0.2) is 122 Å². The molecule has 0 saturated heterocycles. The van der Waals surface area contributed by atoms with Crippen molar-refractivity contribution in [2.45, 2.75) is 65.2 Å². The molecule has 4 nitrogen and oxygen atoms in total. The first-order chi connectivity index (χ1) is 23.0.